The van der Waals surface area contributed by atoms with Crippen LogP contribution >= 0.6 is 0 Å². The number of nitro groups is 1. The fourth-order valence-electron chi connectivity index (χ4n) is 1.47. The third-order valence-electron chi connectivity index (χ3n) is 2.29. The average molecular weight is 256 g/mol. The fraction of sp³-hybridized carbons (Fsp3) is 0. The van der Waals surface area contributed by atoms with E-state index in [4.69, 9.17) is 11.0 Å². The van der Waals surface area contributed by atoms with Crippen molar-refractivity contribution in [3.63, 3.8) is 0 Å². The minimum absolute atomic E-state index is 0.0208. The van der Waals surface area contributed by atoms with Crippen LogP contribution in [-0.4, -0.2) is 14.9 Å². The summed E-state index contributed by atoms with van der Waals surface area (Å²) >= 11 is 0. The zero-order chi connectivity index (χ0) is 13.8. The lowest BCUT2D eigenvalue weighted by atomic mass is 10.2. The molecule has 0 fully saturated rings. The van der Waals surface area contributed by atoms with E-state index in [-0.39, 0.29) is 11.6 Å². The van der Waals surface area contributed by atoms with E-state index < -0.39 is 10.6 Å². The zero-order valence-electron chi connectivity index (χ0n) is 9.57. The summed E-state index contributed by atoms with van der Waals surface area (Å²) in [5.41, 5.74) is 5.97. The molecule has 0 amide bonds. The van der Waals surface area contributed by atoms with E-state index in [1.807, 2.05) is 6.07 Å². The molecular weight excluding hydrogens is 248 g/mol. The molecule has 0 saturated carbocycles. The van der Waals surface area contributed by atoms with Crippen LogP contribution in [0.2, 0.25) is 0 Å². The number of rotatable bonds is 3. The molecule has 1 aromatic carbocycles. The van der Waals surface area contributed by atoms with Crippen LogP contribution in [0, 0.1) is 21.4 Å². The van der Waals surface area contributed by atoms with Gasteiger partial charge in [0.2, 0.25) is 11.6 Å². The Labute approximate surface area is 107 Å². The summed E-state index contributed by atoms with van der Waals surface area (Å²) in [6, 6.07) is 8.44. The Morgan fingerprint density at radius 2 is 2.21 bits per heavy atom. The Hall–Kier alpha value is -3.21. The van der Waals surface area contributed by atoms with Crippen LogP contribution in [0.3, 0.4) is 0 Å². The van der Waals surface area contributed by atoms with Gasteiger partial charge in [0.05, 0.1) is 16.6 Å². The SMILES string of the molecule is N#Cc1cccc(Nc2ncnc(N)c2[N+](=O)[O-])c1. The van der Waals surface area contributed by atoms with Gasteiger partial charge in [0.25, 0.3) is 0 Å². The minimum Gasteiger partial charge on any atom is -0.378 e. The van der Waals surface area contributed by atoms with E-state index in [0.717, 1.165) is 6.33 Å². The molecule has 0 aliphatic heterocycles. The maximum atomic E-state index is 10.9. The number of nitrogens with one attached hydrogen (secondary N) is 1. The summed E-state index contributed by atoms with van der Waals surface area (Å²) in [4.78, 5) is 17.6. The number of nitrogens with zero attached hydrogens (tertiary/aromatic N) is 4. The van der Waals surface area contributed by atoms with Crippen molar-refractivity contribution in [3.05, 3.63) is 46.3 Å². The summed E-state index contributed by atoms with van der Waals surface area (Å²) in [7, 11) is 0. The van der Waals surface area contributed by atoms with Crippen molar-refractivity contribution in [1.29, 1.82) is 5.26 Å². The van der Waals surface area contributed by atoms with Crippen LogP contribution in [0.4, 0.5) is 23.0 Å². The predicted molar refractivity (Wildman–Crippen MR) is 67.5 cm³/mol. The van der Waals surface area contributed by atoms with E-state index in [9.17, 15) is 10.1 Å². The summed E-state index contributed by atoms with van der Waals surface area (Å²) in [5, 5.41) is 22.4. The van der Waals surface area contributed by atoms with E-state index in [0.29, 0.717) is 11.3 Å². The summed E-state index contributed by atoms with van der Waals surface area (Å²) in [6.45, 7) is 0. The quantitative estimate of drug-likeness (QED) is 0.629. The maximum absolute atomic E-state index is 10.9. The molecule has 0 bridgehead atoms. The van der Waals surface area contributed by atoms with Gasteiger partial charge in [-0.05, 0) is 18.2 Å². The smallest absolute Gasteiger partial charge is 0.353 e. The highest BCUT2D eigenvalue weighted by Gasteiger charge is 2.20. The number of nitrogen functional groups attached to an aromatic ring is 1. The number of hydrogen-bond donors (Lipinski definition) is 2. The molecular formula is C11H8N6O2. The highest BCUT2D eigenvalue weighted by atomic mass is 16.6. The lowest BCUT2D eigenvalue weighted by Crippen LogP contribution is -2.05. The van der Waals surface area contributed by atoms with Gasteiger partial charge in [-0.1, -0.05) is 6.07 Å². The van der Waals surface area contributed by atoms with Gasteiger partial charge in [-0.15, -0.1) is 0 Å². The molecule has 3 N–H and O–H groups in total. The molecule has 19 heavy (non-hydrogen) atoms. The first-order valence-electron chi connectivity index (χ1n) is 5.14. The number of benzene rings is 1. The molecule has 0 unspecified atom stereocenters. The molecule has 0 saturated heterocycles. The van der Waals surface area contributed by atoms with Gasteiger partial charge in [-0.2, -0.15) is 5.26 Å². The maximum Gasteiger partial charge on any atom is 0.353 e. The van der Waals surface area contributed by atoms with E-state index in [2.05, 4.69) is 15.3 Å². The van der Waals surface area contributed by atoms with Crippen LogP contribution in [0.25, 0.3) is 0 Å². The predicted octanol–water partition coefficient (Wildman–Crippen LogP) is 1.58. The number of anilines is 3. The van der Waals surface area contributed by atoms with Crippen LogP contribution < -0.4 is 11.1 Å². The number of hydrogen-bond acceptors (Lipinski definition) is 7. The van der Waals surface area contributed by atoms with Gasteiger partial charge in [0, 0.05) is 5.69 Å². The number of aromatic nitrogens is 2. The first kappa shape index (κ1) is 12.3. The molecule has 8 nitrogen and oxygen atoms in total. The lowest BCUT2D eigenvalue weighted by Gasteiger charge is -2.06. The zero-order valence-corrected chi connectivity index (χ0v) is 9.57. The fourth-order valence-corrected chi connectivity index (χ4v) is 1.47. The van der Waals surface area contributed by atoms with Crippen molar-refractivity contribution >= 4 is 23.0 Å². The second-order valence-corrected chi connectivity index (χ2v) is 3.53. The third kappa shape index (κ3) is 2.55. The van der Waals surface area contributed by atoms with Crippen LogP contribution in [0.15, 0.2) is 30.6 Å². The van der Waals surface area contributed by atoms with Gasteiger partial charge in [-0.3, -0.25) is 10.1 Å². The first-order chi connectivity index (χ1) is 9.11. The van der Waals surface area contributed by atoms with E-state index in [1.165, 1.54) is 0 Å². The standard InChI is InChI=1S/C11H8N6O2/c12-5-7-2-1-3-8(4-7)16-11-9(17(18)19)10(13)14-6-15-11/h1-4,6H,(H3,13,14,15,16). The largest absolute Gasteiger partial charge is 0.378 e. The van der Waals surface area contributed by atoms with Crippen molar-refractivity contribution in [3.8, 4) is 6.07 Å². The van der Waals surface area contributed by atoms with Crippen molar-refractivity contribution in [1.82, 2.24) is 9.97 Å². The highest BCUT2D eigenvalue weighted by molar-refractivity contribution is 5.72. The average Bonchev–Trinajstić information content (AvgIpc) is 2.38. The summed E-state index contributed by atoms with van der Waals surface area (Å²) < 4.78 is 0. The molecule has 0 radical (unpaired) electrons. The van der Waals surface area contributed by atoms with Crippen LogP contribution in [0.1, 0.15) is 5.56 Å². The summed E-state index contributed by atoms with van der Waals surface area (Å²) in [6.07, 6.45) is 1.12. The molecule has 1 aromatic heterocycles. The Balaban J connectivity index is 2.41. The molecule has 0 atom stereocenters. The van der Waals surface area contributed by atoms with Gasteiger partial charge in [0.1, 0.15) is 6.33 Å². The monoisotopic (exact) mass is 256 g/mol. The highest BCUT2D eigenvalue weighted by Crippen LogP contribution is 2.29. The van der Waals surface area contributed by atoms with Gasteiger partial charge < -0.3 is 11.1 Å². The Morgan fingerprint density at radius 3 is 2.89 bits per heavy atom. The van der Waals surface area contributed by atoms with Gasteiger partial charge in [-0.25, -0.2) is 9.97 Å². The molecule has 1 heterocycles. The third-order valence-corrected chi connectivity index (χ3v) is 2.29. The van der Waals surface area contributed by atoms with Crippen molar-refractivity contribution in [2.45, 2.75) is 0 Å². The molecule has 2 rings (SSSR count). The van der Waals surface area contributed by atoms with Crippen LogP contribution in [0.5, 0.6) is 0 Å². The molecule has 0 aliphatic rings. The molecule has 94 valence electrons. The molecule has 0 aliphatic carbocycles. The Kier molecular flexibility index (Phi) is 3.20. The van der Waals surface area contributed by atoms with Crippen LogP contribution in [-0.2, 0) is 0 Å². The number of nitriles is 1. The first-order valence-corrected chi connectivity index (χ1v) is 5.14. The number of nitrogens with two attached hydrogens (primary N) is 1. The Bertz CT molecular complexity index is 679. The van der Waals surface area contributed by atoms with Gasteiger partial charge >= 0.3 is 5.69 Å². The van der Waals surface area contributed by atoms with Crippen molar-refractivity contribution in [2.24, 2.45) is 0 Å². The van der Waals surface area contributed by atoms with E-state index >= 15 is 0 Å². The van der Waals surface area contributed by atoms with Crippen molar-refractivity contribution < 1.29 is 4.92 Å². The second-order valence-electron chi connectivity index (χ2n) is 3.53. The topological polar surface area (TPSA) is 131 Å². The Morgan fingerprint density at radius 1 is 1.42 bits per heavy atom. The van der Waals surface area contributed by atoms with E-state index in [1.54, 1.807) is 24.3 Å². The summed E-state index contributed by atoms with van der Waals surface area (Å²) in [5.74, 6) is -0.244. The minimum atomic E-state index is -0.661. The molecule has 2 aromatic rings. The molecule has 0 spiro atoms. The second kappa shape index (κ2) is 4.97. The molecule has 8 heteroatoms. The normalized spacial score (nSPS) is 9.63. The van der Waals surface area contributed by atoms with Crippen molar-refractivity contribution in [2.75, 3.05) is 11.1 Å². The lowest BCUT2D eigenvalue weighted by molar-refractivity contribution is -0.383. The van der Waals surface area contributed by atoms with Gasteiger partial charge in [0.15, 0.2) is 0 Å².